The van der Waals surface area contributed by atoms with Crippen LogP contribution in [-0.4, -0.2) is 51.7 Å². The van der Waals surface area contributed by atoms with E-state index in [-0.39, 0.29) is 6.10 Å². The van der Waals surface area contributed by atoms with Crippen LogP contribution in [0, 0.1) is 0 Å². The van der Waals surface area contributed by atoms with Crippen molar-refractivity contribution in [2.75, 3.05) is 39.5 Å². The van der Waals surface area contributed by atoms with Crippen molar-refractivity contribution in [2.45, 2.75) is 38.9 Å². The summed E-state index contributed by atoms with van der Waals surface area (Å²) in [6.45, 7) is 8.90. The van der Waals surface area contributed by atoms with E-state index >= 15 is 0 Å². The van der Waals surface area contributed by atoms with Crippen LogP contribution in [0.3, 0.4) is 0 Å². The summed E-state index contributed by atoms with van der Waals surface area (Å²) in [5.74, 6) is 0. The van der Waals surface area contributed by atoms with E-state index in [9.17, 15) is 0 Å². The number of likely N-dealkylation sites (N-methyl/N-ethyl adjacent to an activating group) is 1. The monoisotopic (exact) mass is 231 g/mol. The van der Waals surface area contributed by atoms with Gasteiger partial charge in [-0.3, -0.25) is 0 Å². The zero-order chi connectivity index (χ0) is 11.6. The Balaban J connectivity index is 1.94. The van der Waals surface area contributed by atoms with Crippen molar-refractivity contribution in [3.63, 3.8) is 0 Å². The van der Waals surface area contributed by atoms with E-state index in [0.717, 1.165) is 32.5 Å². The van der Waals surface area contributed by atoms with Gasteiger partial charge in [-0.15, -0.1) is 0 Å². The van der Waals surface area contributed by atoms with Gasteiger partial charge in [0.25, 0.3) is 0 Å². The molecular formula is C12H25NO3. The van der Waals surface area contributed by atoms with Gasteiger partial charge in [0.15, 0.2) is 0 Å². The fraction of sp³-hybridized carbons (Fsp3) is 1.00. The van der Waals surface area contributed by atoms with Gasteiger partial charge in [0.1, 0.15) is 0 Å². The van der Waals surface area contributed by atoms with Gasteiger partial charge < -0.3 is 19.5 Å². The van der Waals surface area contributed by atoms with Gasteiger partial charge in [0, 0.05) is 13.2 Å². The van der Waals surface area contributed by atoms with Gasteiger partial charge in [-0.25, -0.2) is 0 Å². The molecule has 96 valence electrons. The molecule has 0 saturated carbocycles. The number of hydrogen-bond acceptors (Lipinski definition) is 4. The van der Waals surface area contributed by atoms with E-state index in [4.69, 9.17) is 14.2 Å². The topological polar surface area (TPSA) is 39.7 Å². The molecule has 0 bridgehead atoms. The van der Waals surface area contributed by atoms with Crippen LogP contribution in [0.5, 0.6) is 0 Å². The lowest BCUT2D eigenvalue weighted by Crippen LogP contribution is -2.27. The van der Waals surface area contributed by atoms with Crippen LogP contribution in [0.4, 0.5) is 0 Å². The average molecular weight is 231 g/mol. The minimum Gasteiger partial charge on any atom is -0.379 e. The molecule has 0 radical (unpaired) electrons. The molecule has 1 saturated heterocycles. The molecule has 1 rings (SSSR count). The Morgan fingerprint density at radius 3 is 2.62 bits per heavy atom. The maximum Gasteiger partial charge on any atom is 0.0813 e. The van der Waals surface area contributed by atoms with Crippen molar-refractivity contribution in [3.05, 3.63) is 0 Å². The minimum absolute atomic E-state index is 0.283. The van der Waals surface area contributed by atoms with Gasteiger partial charge in [-0.1, -0.05) is 6.92 Å². The van der Waals surface area contributed by atoms with Crippen molar-refractivity contribution in [2.24, 2.45) is 0 Å². The second-order valence-corrected chi connectivity index (χ2v) is 4.04. The smallest absolute Gasteiger partial charge is 0.0813 e. The molecule has 2 atom stereocenters. The van der Waals surface area contributed by atoms with Crippen molar-refractivity contribution in [1.82, 2.24) is 5.32 Å². The first-order valence-corrected chi connectivity index (χ1v) is 6.38. The molecule has 0 aliphatic carbocycles. The fourth-order valence-electron chi connectivity index (χ4n) is 1.84. The highest BCUT2D eigenvalue weighted by Crippen LogP contribution is 2.19. The highest BCUT2D eigenvalue weighted by Gasteiger charge is 2.24. The summed E-state index contributed by atoms with van der Waals surface area (Å²) in [4.78, 5) is 0. The minimum atomic E-state index is 0.283. The Bertz CT molecular complexity index is 166. The molecule has 0 aromatic rings. The largest absolute Gasteiger partial charge is 0.379 e. The summed E-state index contributed by atoms with van der Waals surface area (Å²) in [6, 6.07) is 0. The van der Waals surface area contributed by atoms with Gasteiger partial charge in [-0.2, -0.15) is 0 Å². The summed E-state index contributed by atoms with van der Waals surface area (Å²) in [5.41, 5.74) is 0. The lowest BCUT2D eigenvalue weighted by Gasteiger charge is -2.14. The quantitative estimate of drug-likeness (QED) is 0.605. The summed E-state index contributed by atoms with van der Waals surface area (Å²) in [6.07, 6.45) is 2.92. The molecule has 0 spiro atoms. The Labute approximate surface area is 98.6 Å². The van der Waals surface area contributed by atoms with Gasteiger partial charge in [0.2, 0.25) is 0 Å². The van der Waals surface area contributed by atoms with Crippen molar-refractivity contribution >= 4 is 0 Å². The number of rotatable bonds is 9. The molecule has 2 unspecified atom stereocenters. The Morgan fingerprint density at radius 1 is 1.12 bits per heavy atom. The van der Waals surface area contributed by atoms with Crippen LogP contribution in [-0.2, 0) is 14.2 Å². The first-order chi connectivity index (χ1) is 7.86. The number of hydrogen-bond donors (Lipinski definition) is 1. The van der Waals surface area contributed by atoms with E-state index in [1.807, 2.05) is 6.92 Å². The first-order valence-electron chi connectivity index (χ1n) is 6.38. The van der Waals surface area contributed by atoms with Crippen molar-refractivity contribution in [1.29, 1.82) is 0 Å². The lowest BCUT2D eigenvalue weighted by atomic mass is 10.2. The highest BCUT2D eigenvalue weighted by molar-refractivity contribution is 4.74. The second kappa shape index (κ2) is 8.93. The van der Waals surface area contributed by atoms with Crippen LogP contribution in [0.15, 0.2) is 0 Å². The molecule has 0 aromatic carbocycles. The third-order valence-corrected chi connectivity index (χ3v) is 2.70. The third-order valence-electron chi connectivity index (χ3n) is 2.70. The van der Waals surface area contributed by atoms with E-state index in [2.05, 4.69) is 12.2 Å². The first kappa shape index (κ1) is 13.9. The summed E-state index contributed by atoms with van der Waals surface area (Å²) < 4.78 is 16.5. The summed E-state index contributed by atoms with van der Waals surface area (Å²) in [5, 5.41) is 3.31. The normalized spacial score (nSPS) is 25.1. The van der Waals surface area contributed by atoms with Crippen LogP contribution in [0.2, 0.25) is 0 Å². The number of ether oxygens (including phenoxy) is 3. The van der Waals surface area contributed by atoms with Crippen molar-refractivity contribution < 1.29 is 14.2 Å². The predicted octanol–water partition coefficient (Wildman–Crippen LogP) is 1.20. The van der Waals surface area contributed by atoms with Crippen molar-refractivity contribution in [3.8, 4) is 0 Å². The van der Waals surface area contributed by atoms with E-state index in [0.29, 0.717) is 25.9 Å². The Kier molecular flexibility index (Phi) is 7.76. The molecule has 4 nitrogen and oxygen atoms in total. The van der Waals surface area contributed by atoms with E-state index < -0.39 is 0 Å². The number of nitrogens with one attached hydrogen (secondary N) is 1. The highest BCUT2D eigenvalue weighted by atomic mass is 16.6. The fourth-order valence-corrected chi connectivity index (χ4v) is 1.84. The third kappa shape index (κ3) is 5.80. The van der Waals surface area contributed by atoms with Crippen LogP contribution in [0.1, 0.15) is 26.7 Å². The maximum atomic E-state index is 5.84. The molecule has 16 heavy (non-hydrogen) atoms. The zero-order valence-corrected chi connectivity index (χ0v) is 10.5. The van der Waals surface area contributed by atoms with Crippen LogP contribution >= 0.6 is 0 Å². The van der Waals surface area contributed by atoms with Crippen LogP contribution in [0.25, 0.3) is 0 Å². The molecule has 1 heterocycles. The molecule has 4 heteroatoms. The predicted molar refractivity (Wildman–Crippen MR) is 63.8 cm³/mol. The summed E-state index contributed by atoms with van der Waals surface area (Å²) >= 11 is 0. The zero-order valence-electron chi connectivity index (χ0n) is 10.5. The summed E-state index contributed by atoms with van der Waals surface area (Å²) in [7, 11) is 0. The van der Waals surface area contributed by atoms with E-state index in [1.54, 1.807) is 0 Å². The molecule has 0 aromatic heterocycles. The Hall–Kier alpha value is -0.160. The van der Waals surface area contributed by atoms with Gasteiger partial charge >= 0.3 is 0 Å². The lowest BCUT2D eigenvalue weighted by molar-refractivity contribution is -0.0273. The SMILES string of the molecule is CCNCC1CCC(COCCOCC)O1. The molecule has 1 aliphatic heterocycles. The molecule has 1 N–H and O–H groups in total. The Morgan fingerprint density at radius 2 is 1.88 bits per heavy atom. The standard InChI is InChI=1S/C12H25NO3/c1-3-13-9-11-5-6-12(16-11)10-15-8-7-14-4-2/h11-13H,3-10H2,1-2H3. The van der Waals surface area contributed by atoms with Gasteiger partial charge in [0.05, 0.1) is 32.0 Å². The van der Waals surface area contributed by atoms with Crippen LogP contribution < -0.4 is 5.32 Å². The van der Waals surface area contributed by atoms with E-state index in [1.165, 1.54) is 0 Å². The molecule has 1 fully saturated rings. The average Bonchev–Trinajstić information content (AvgIpc) is 2.74. The molecule has 1 aliphatic rings. The molecule has 0 amide bonds. The maximum absolute atomic E-state index is 5.84. The second-order valence-electron chi connectivity index (χ2n) is 4.04. The van der Waals surface area contributed by atoms with Gasteiger partial charge in [-0.05, 0) is 26.3 Å². The molecular weight excluding hydrogens is 206 g/mol.